The van der Waals surface area contributed by atoms with Gasteiger partial charge in [-0.3, -0.25) is 4.79 Å². The zero-order valence-corrected chi connectivity index (χ0v) is 19.6. The zero-order valence-electron chi connectivity index (χ0n) is 19.6. The first kappa shape index (κ1) is 23.1. The van der Waals surface area contributed by atoms with Crippen molar-refractivity contribution in [2.75, 3.05) is 25.0 Å². The first-order valence-electron chi connectivity index (χ1n) is 11.2. The minimum atomic E-state index is -1.31. The van der Waals surface area contributed by atoms with Crippen molar-refractivity contribution < 1.29 is 23.8 Å². The van der Waals surface area contributed by atoms with Crippen LogP contribution in [0.15, 0.2) is 17.1 Å². The molecule has 0 bridgehead atoms. The van der Waals surface area contributed by atoms with E-state index in [1.807, 2.05) is 25.7 Å². The summed E-state index contributed by atoms with van der Waals surface area (Å²) in [7, 11) is 1.68. The third-order valence-electron chi connectivity index (χ3n) is 6.38. The van der Waals surface area contributed by atoms with Crippen LogP contribution in [0.4, 0.5) is 14.9 Å². The zero-order chi connectivity index (χ0) is 24.2. The van der Waals surface area contributed by atoms with Gasteiger partial charge in [-0.25, -0.2) is 14.0 Å². The molecule has 178 valence electrons. The summed E-state index contributed by atoms with van der Waals surface area (Å²) < 4.78 is 22.8. The Morgan fingerprint density at radius 2 is 1.91 bits per heavy atom. The van der Waals surface area contributed by atoms with Gasteiger partial charge in [-0.1, -0.05) is 0 Å². The molecule has 1 N–H and O–H groups in total. The van der Waals surface area contributed by atoms with E-state index in [0.717, 1.165) is 12.8 Å². The van der Waals surface area contributed by atoms with Crippen molar-refractivity contribution in [1.29, 1.82) is 0 Å². The van der Waals surface area contributed by atoms with Gasteiger partial charge in [-0.05, 0) is 53.0 Å². The lowest BCUT2D eigenvalue weighted by atomic mass is 10.0. The molecule has 2 aliphatic rings. The SMILES string of the molecule is Cc1c(F)c(N2CCC(N(C)C(=O)OC(C)(C)C)C2)cc2c1c(=O)c(C(=O)O)cn2C1CC1. The number of hydrogen-bond donors (Lipinski definition) is 1. The number of rotatable bonds is 4. The van der Waals surface area contributed by atoms with Crippen LogP contribution in [-0.4, -0.2) is 58.4 Å². The molecule has 2 aromatic rings. The summed E-state index contributed by atoms with van der Waals surface area (Å²) in [5, 5.41) is 9.59. The van der Waals surface area contributed by atoms with Crippen molar-refractivity contribution in [3.8, 4) is 0 Å². The predicted molar refractivity (Wildman–Crippen MR) is 123 cm³/mol. The molecule has 2 heterocycles. The number of nitrogens with zero attached hydrogens (tertiary/aromatic N) is 3. The first-order valence-corrected chi connectivity index (χ1v) is 11.2. The van der Waals surface area contributed by atoms with Crippen molar-refractivity contribution in [2.24, 2.45) is 0 Å². The van der Waals surface area contributed by atoms with Gasteiger partial charge in [0.25, 0.3) is 0 Å². The standard InChI is InChI=1S/C24H30FN3O5/c1-13-19-17(28(14-6-7-14)12-16(21(19)29)22(30)31)10-18(20(13)25)27-9-8-15(11-27)26(5)23(32)33-24(2,3)4/h10,12,14-15H,6-9,11H2,1-5H3,(H,30,31). The Morgan fingerprint density at radius 1 is 1.24 bits per heavy atom. The van der Waals surface area contributed by atoms with Crippen LogP contribution in [0.1, 0.15) is 62.0 Å². The van der Waals surface area contributed by atoms with E-state index in [-0.39, 0.29) is 28.6 Å². The molecule has 2 fully saturated rings. The maximum Gasteiger partial charge on any atom is 0.410 e. The smallest absolute Gasteiger partial charge is 0.410 e. The third-order valence-corrected chi connectivity index (χ3v) is 6.38. The second-order valence-electron chi connectivity index (χ2n) is 10.0. The van der Waals surface area contributed by atoms with Crippen molar-refractivity contribution in [3.05, 3.63) is 39.4 Å². The van der Waals surface area contributed by atoms with Gasteiger partial charge in [-0.15, -0.1) is 0 Å². The van der Waals surface area contributed by atoms with Gasteiger partial charge in [0, 0.05) is 37.9 Å². The molecule has 33 heavy (non-hydrogen) atoms. The Morgan fingerprint density at radius 3 is 2.48 bits per heavy atom. The van der Waals surface area contributed by atoms with E-state index < -0.39 is 28.9 Å². The highest BCUT2D eigenvalue weighted by molar-refractivity contribution is 5.95. The number of ether oxygens (including phenoxy) is 1. The fraction of sp³-hybridized carbons (Fsp3) is 0.542. The van der Waals surface area contributed by atoms with E-state index in [1.54, 1.807) is 22.6 Å². The largest absolute Gasteiger partial charge is 0.477 e. The maximum atomic E-state index is 15.5. The van der Waals surface area contributed by atoms with Crippen molar-refractivity contribution in [2.45, 2.75) is 64.6 Å². The quantitative estimate of drug-likeness (QED) is 0.745. The number of aromatic carboxylic acids is 1. The Hall–Kier alpha value is -3.10. The van der Waals surface area contributed by atoms with Crippen LogP contribution < -0.4 is 10.3 Å². The number of carbonyl (C=O) groups excluding carboxylic acids is 1. The number of carbonyl (C=O) groups is 2. The highest BCUT2D eigenvalue weighted by Gasteiger charge is 2.34. The van der Waals surface area contributed by atoms with E-state index >= 15 is 4.39 Å². The minimum Gasteiger partial charge on any atom is -0.477 e. The van der Waals surface area contributed by atoms with Gasteiger partial charge in [-0.2, -0.15) is 0 Å². The molecule has 9 heteroatoms. The number of anilines is 1. The van der Waals surface area contributed by atoms with Crippen LogP contribution in [0.5, 0.6) is 0 Å². The molecule has 4 rings (SSSR count). The number of carboxylic acids is 1. The molecule has 1 atom stereocenters. The second kappa shape index (κ2) is 8.04. The topological polar surface area (TPSA) is 92.1 Å². The molecule has 1 saturated carbocycles. The monoisotopic (exact) mass is 459 g/mol. The number of carboxylic acid groups (broad SMARTS) is 1. The van der Waals surface area contributed by atoms with Crippen LogP contribution in [0.3, 0.4) is 0 Å². The lowest BCUT2D eigenvalue weighted by Gasteiger charge is -2.29. The van der Waals surface area contributed by atoms with E-state index in [1.165, 1.54) is 13.1 Å². The molecular weight excluding hydrogens is 429 g/mol. The molecule has 1 saturated heterocycles. The molecular formula is C24H30FN3O5. The van der Waals surface area contributed by atoms with Gasteiger partial charge in [0.2, 0.25) is 5.43 Å². The van der Waals surface area contributed by atoms with Crippen molar-refractivity contribution in [1.82, 2.24) is 9.47 Å². The lowest BCUT2D eigenvalue weighted by Crippen LogP contribution is -2.42. The van der Waals surface area contributed by atoms with Gasteiger partial charge < -0.3 is 24.2 Å². The number of benzene rings is 1. The van der Waals surface area contributed by atoms with Gasteiger partial charge in [0.1, 0.15) is 17.0 Å². The molecule has 1 aromatic carbocycles. The molecule has 1 aliphatic heterocycles. The van der Waals surface area contributed by atoms with Crippen molar-refractivity contribution in [3.63, 3.8) is 0 Å². The number of halogens is 1. The Kier molecular flexibility index (Phi) is 5.62. The molecule has 1 unspecified atom stereocenters. The maximum absolute atomic E-state index is 15.5. The molecule has 1 aromatic heterocycles. The molecule has 0 spiro atoms. The average molecular weight is 460 g/mol. The van der Waals surface area contributed by atoms with Gasteiger partial charge >= 0.3 is 12.1 Å². The third kappa shape index (κ3) is 4.28. The number of pyridine rings is 1. The highest BCUT2D eigenvalue weighted by Crippen LogP contribution is 2.39. The predicted octanol–water partition coefficient (Wildman–Crippen LogP) is 3.93. The highest BCUT2D eigenvalue weighted by atomic mass is 19.1. The van der Waals surface area contributed by atoms with Crippen LogP contribution in [0, 0.1) is 12.7 Å². The molecule has 1 aliphatic carbocycles. The minimum absolute atomic E-state index is 0.105. The Labute approximate surface area is 191 Å². The lowest BCUT2D eigenvalue weighted by molar-refractivity contribution is 0.0237. The van der Waals surface area contributed by atoms with Crippen LogP contribution in [0.25, 0.3) is 10.9 Å². The van der Waals surface area contributed by atoms with E-state index in [0.29, 0.717) is 30.7 Å². The van der Waals surface area contributed by atoms with E-state index in [9.17, 15) is 19.5 Å². The number of hydrogen-bond acceptors (Lipinski definition) is 5. The summed E-state index contributed by atoms with van der Waals surface area (Å²) >= 11 is 0. The van der Waals surface area contributed by atoms with Gasteiger partial charge in [0.05, 0.1) is 22.6 Å². The second-order valence-corrected chi connectivity index (χ2v) is 10.0. The summed E-state index contributed by atoms with van der Waals surface area (Å²) in [6.07, 6.45) is 3.38. The van der Waals surface area contributed by atoms with E-state index in [2.05, 4.69) is 0 Å². The summed E-state index contributed by atoms with van der Waals surface area (Å²) in [5.41, 5.74) is -0.561. The van der Waals surface area contributed by atoms with Crippen LogP contribution in [-0.2, 0) is 4.74 Å². The normalized spacial score (nSPS) is 18.6. The summed E-state index contributed by atoms with van der Waals surface area (Å²) in [5.74, 6) is -1.85. The summed E-state index contributed by atoms with van der Waals surface area (Å²) in [6.45, 7) is 7.91. The number of likely N-dealkylation sites (N-methyl/N-ethyl adjacent to an activating group) is 1. The van der Waals surface area contributed by atoms with Crippen molar-refractivity contribution >= 4 is 28.7 Å². The Bertz CT molecular complexity index is 1200. The number of amides is 1. The average Bonchev–Trinajstić information content (AvgIpc) is 3.44. The van der Waals surface area contributed by atoms with Gasteiger partial charge in [0.15, 0.2) is 0 Å². The summed E-state index contributed by atoms with van der Waals surface area (Å²) in [6, 6.07) is 1.61. The fourth-order valence-corrected chi connectivity index (χ4v) is 4.45. The molecule has 0 radical (unpaired) electrons. The summed E-state index contributed by atoms with van der Waals surface area (Å²) in [4.78, 5) is 40.4. The van der Waals surface area contributed by atoms with E-state index in [4.69, 9.17) is 4.74 Å². The molecule has 1 amide bonds. The number of fused-ring (bicyclic) bond motifs is 1. The van der Waals surface area contributed by atoms with Crippen LogP contribution in [0.2, 0.25) is 0 Å². The number of aromatic nitrogens is 1. The Balaban J connectivity index is 1.71. The first-order chi connectivity index (χ1) is 15.4. The number of aryl methyl sites for hydroxylation is 1. The molecule has 8 nitrogen and oxygen atoms in total. The van der Waals surface area contributed by atoms with Crippen LogP contribution >= 0.6 is 0 Å². The fourth-order valence-electron chi connectivity index (χ4n) is 4.45.